The van der Waals surface area contributed by atoms with Gasteiger partial charge in [-0.25, -0.2) is 0 Å². The van der Waals surface area contributed by atoms with Crippen molar-refractivity contribution < 1.29 is 53.1 Å². The number of likely N-dealkylation sites (N-methyl/N-ethyl adjacent to an activating group) is 1. The summed E-state index contributed by atoms with van der Waals surface area (Å²) in [5, 5.41) is 25.9. The smallest absolute Gasteiger partial charge is 0.316 e. The van der Waals surface area contributed by atoms with Crippen LogP contribution in [0.5, 0.6) is 5.75 Å². The number of fused-ring (bicyclic) bond motifs is 1. The molecule has 0 bridgehead atoms. The van der Waals surface area contributed by atoms with E-state index >= 15 is 0 Å². The zero-order chi connectivity index (χ0) is 44.4. The number of ketones is 2. The van der Waals surface area contributed by atoms with Gasteiger partial charge in [0.2, 0.25) is 0 Å². The number of pyridine rings is 2. The van der Waals surface area contributed by atoms with Crippen molar-refractivity contribution >= 4 is 35.0 Å². The van der Waals surface area contributed by atoms with Gasteiger partial charge in [-0.15, -0.1) is 0 Å². The van der Waals surface area contributed by atoms with E-state index in [1.165, 1.54) is 20.2 Å². The van der Waals surface area contributed by atoms with Gasteiger partial charge in [0, 0.05) is 68.3 Å². The maximum absolute atomic E-state index is 14.8. The van der Waals surface area contributed by atoms with Crippen molar-refractivity contribution in [3.05, 3.63) is 29.6 Å². The molecule has 0 aliphatic carbocycles. The van der Waals surface area contributed by atoms with E-state index in [2.05, 4.69) is 20.2 Å². The van der Waals surface area contributed by atoms with Crippen LogP contribution in [0.25, 0.3) is 11.0 Å². The first-order chi connectivity index (χ1) is 28.2. The number of esters is 1. The quantitative estimate of drug-likeness (QED) is 0.169. The van der Waals surface area contributed by atoms with Crippen LogP contribution < -0.4 is 5.32 Å². The average Bonchev–Trinajstić information content (AvgIpc) is 3.19. The SMILES string of the molecule is CC[C@H]1OC(=O)[C@H](C)C(=O)[C@H](C)[C@@H](O[C@@H]2O[C@H](C)C[C@H](N(C)C)[C@H]2O)[C@](C)(OC)C[C@@H](C)C(=O)[C@H](C)[C@H](NC2CN(Cc3c(O)cnc4c(C)ccnc34)C2)[C@]1(C)OC=O. The molecule has 13 atom stereocenters. The third kappa shape index (κ3) is 9.54. The molecule has 0 radical (unpaired) electrons. The number of carbonyl (C=O) groups excluding carboxylic acids is 4. The van der Waals surface area contributed by atoms with E-state index in [9.17, 15) is 29.4 Å². The van der Waals surface area contributed by atoms with Crippen LogP contribution >= 0.6 is 0 Å². The predicted molar refractivity (Wildman–Crippen MR) is 222 cm³/mol. The molecule has 60 heavy (non-hydrogen) atoms. The number of nitrogens with one attached hydrogen (secondary N) is 1. The first-order valence-corrected chi connectivity index (χ1v) is 21.2. The second-order valence-electron chi connectivity index (χ2n) is 18.1. The number of aromatic nitrogens is 2. The van der Waals surface area contributed by atoms with Gasteiger partial charge in [0.1, 0.15) is 29.7 Å². The summed E-state index contributed by atoms with van der Waals surface area (Å²) in [5.74, 6) is -5.16. The number of aryl methyl sites for hydroxylation is 1. The van der Waals surface area contributed by atoms with Crippen LogP contribution in [0, 0.1) is 30.6 Å². The molecule has 5 heterocycles. The summed E-state index contributed by atoms with van der Waals surface area (Å²) in [6.07, 6.45) is -0.604. The summed E-state index contributed by atoms with van der Waals surface area (Å²) in [7, 11) is 5.21. The third-order valence-corrected chi connectivity index (χ3v) is 13.4. The molecule has 0 spiro atoms. The summed E-state index contributed by atoms with van der Waals surface area (Å²) in [5.41, 5.74) is 0.0885. The van der Waals surface area contributed by atoms with Gasteiger partial charge in [-0.2, -0.15) is 0 Å². The van der Waals surface area contributed by atoms with Crippen molar-refractivity contribution in [3.63, 3.8) is 0 Å². The maximum Gasteiger partial charge on any atom is 0.316 e. The van der Waals surface area contributed by atoms with Crippen molar-refractivity contribution in [2.45, 2.75) is 148 Å². The summed E-state index contributed by atoms with van der Waals surface area (Å²) < 4.78 is 31.0. The van der Waals surface area contributed by atoms with Crippen LogP contribution in [-0.4, -0.2) is 148 Å². The number of aliphatic hydroxyl groups is 1. The molecule has 16 nitrogen and oxygen atoms in total. The highest BCUT2D eigenvalue weighted by molar-refractivity contribution is 6.00. The largest absolute Gasteiger partial charge is 0.506 e. The Labute approximate surface area is 354 Å². The molecule has 3 N–H and O–H groups in total. The number of ether oxygens (including phenoxy) is 5. The number of hydrogen-bond donors (Lipinski definition) is 3. The van der Waals surface area contributed by atoms with Gasteiger partial charge in [0.15, 0.2) is 17.7 Å². The number of Topliss-reactive ketones (excluding diaryl/α,β-unsaturated/α-hetero) is 2. The Hall–Kier alpha value is -3.64. The minimum Gasteiger partial charge on any atom is -0.506 e. The Kier molecular flexibility index (Phi) is 15.2. The lowest BCUT2D eigenvalue weighted by molar-refractivity contribution is -0.295. The number of aromatic hydroxyl groups is 1. The van der Waals surface area contributed by atoms with Gasteiger partial charge in [-0.3, -0.25) is 34.0 Å². The zero-order valence-electron chi connectivity index (χ0n) is 37.3. The van der Waals surface area contributed by atoms with Gasteiger partial charge in [0.25, 0.3) is 6.47 Å². The standard InChI is InChI=1S/C44H67N5O11/c1-13-33-44(9,57-22-50)39(47-29-19-49(20-29)21-30-32(51)18-46-34-23(2)14-15-45-35(30)34)26(5)36(52)24(3)17-43(8,56-12)40(27(6)37(53)28(7)41(55)59-33)60-42-38(54)31(48(10)11)16-25(4)58-42/h14-15,18,22,24-29,31,33,38-40,42,47,51,54H,13,16-17,19-21H2,1-12H3/t24-,25-,26+,27+,28-,31+,33-,38-,39+,40-,42+,43-,44-/m1/s1. The molecular formula is C44H67N5O11. The lowest BCUT2D eigenvalue weighted by atomic mass is 9.73. The molecule has 0 unspecified atom stereocenters. The summed E-state index contributed by atoms with van der Waals surface area (Å²) in [6, 6.07) is 0.530. The summed E-state index contributed by atoms with van der Waals surface area (Å²) >= 11 is 0. The average molecular weight is 842 g/mol. The van der Waals surface area contributed by atoms with Crippen molar-refractivity contribution in [2.24, 2.45) is 23.7 Å². The van der Waals surface area contributed by atoms with Gasteiger partial charge < -0.3 is 44.1 Å². The molecule has 16 heteroatoms. The molecule has 334 valence electrons. The molecular weight excluding hydrogens is 775 g/mol. The maximum atomic E-state index is 14.8. The van der Waals surface area contributed by atoms with Crippen molar-refractivity contribution in [2.75, 3.05) is 34.3 Å². The van der Waals surface area contributed by atoms with Crippen molar-refractivity contribution in [1.82, 2.24) is 25.1 Å². The fourth-order valence-electron chi connectivity index (χ4n) is 9.69. The van der Waals surface area contributed by atoms with Gasteiger partial charge in [-0.1, -0.05) is 27.7 Å². The number of nitrogens with zero attached hydrogens (tertiary/aromatic N) is 4. The molecule has 3 saturated heterocycles. The second kappa shape index (κ2) is 19.2. The molecule has 2 aromatic heterocycles. The van der Waals surface area contributed by atoms with E-state index in [4.69, 9.17) is 23.7 Å². The predicted octanol–water partition coefficient (Wildman–Crippen LogP) is 3.34. The van der Waals surface area contributed by atoms with Crippen molar-refractivity contribution in [1.29, 1.82) is 0 Å². The van der Waals surface area contributed by atoms with E-state index in [1.54, 1.807) is 47.7 Å². The third-order valence-electron chi connectivity index (χ3n) is 13.4. The minimum absolute atomic E-state index is 0.0448. The Bertz CT molecular complexity index is 1860. The van der Waals surface area contributed by atoms with Crippen LogP contribution in [0.15, 0.2) is 18.5 Å². The zero-order valence-corrected chi connectivity index (χ0v) is 37.3. The van der Waals surface area contributed by atoms with Crippen LogP contribution in [0.4, 0.5) is 0 Å². The summed E-state index contributed by atoms with van der Waals surface area (Å²) in [4.78, 5) is 68.4. The first-order valence-electron chi connectivity index (χ1n) is 21.2. The fourth-order valence-corrected chi connectivity index (χ4v) is 9.69. The normalized spacial score (nSPS) is 36.8. The number of hydrogen-bond acceptors (Lipinski definition) is 16. The number of carbonyl (C=O) groups is 4. The van der Waals surface area contributed by atoms with E-state index in [1.807, 2.05) is 38.9 Å². The highest BCUT2D eigenvalue weighted by Crippen LogP contribution is 2.39. The number of rotatable bonds is 11. The van der Waals surface area contributed by atoms with Crippen LogP contribution in [0.2, 0.25) is 0 Å². The Morgan fingerprint density at radius 1 is 1.05 bits per heavy atom. The number of cyclic esters (lactones) is 1. The Morgan fingerprint density at radius 3 is 2.35 bits per heavy atom. The van der Waals surface area contributed by atoms with Gasteiger partial charge in [0.05, 0.1) is 41.1 Å². The molecule has 2 aromatic rings. The lowest BCUT2D eigenvalue weighted by Gasteiger charge is -2.49. The topological polar surface area (TPSA) is 199 Å². The number of likely N-dealkylation sites (tertiary alicyclic amines) is 1. The molecule has 0 saturated carbocycles. The monoisotopic (exact) mass is 841 g/mol. The fraction of sp³-hybridized carbons (Fsp3) is 0.727. The van der Waals surface area contributed by atoms with Crippen molar-refractivity contribution in [3.8, 4) is 5.75 Å². The van der Waals surface area contributed by atoms with Crippen LogP contribution in [-0.2, 0) is 49.4 Å². The van der Waals surface area contributed by atoms with Crippen LogP contribution in [0.1, 0.15) is 85.8 Å². The van der Waals surface area contributed by atoms with Gasteiger partial charge in [-0.05, 0) is 79.6 Å². The molecule has 0 amide bonds. The van der Waals surface area contributed by atoms with E-state index in [-0.39, 0.29) is 42.6 Å². The Balaban J connectivity index is 1.48. The Morgan fingerprint density at radius 2 is 1.73 bits per heavy atom. The molecule has 0 aromatic carbocycles. The first kappa shape index (κ1) is 47.4. The second-order valence-corrected chi connectivity index (χ2v) is 18.1. The highest BCUT2D eigenvalue weighted by atomic mass is 16.7. The van der Waals surface area contributed by atoms with E-state index < -0.39 is 77.3 Å². The lowest BCUT2D eigenvalue weighted by Crippen LogP contribution is -2.69. The van der Waals surface area contributed by atoms with E-state index in [0.717, 1.165) is 5.56 Å². The summed E-state index contributed by atoms with van der Waals surface area (Å²) in [6.45, 7) is 17.5. The van der Waals surface area contributed by atoms with Crippen LogP contribution in [0.3, 0.4) is 0 Å². The molecule has 3 fully saturated rings. The minimum atomic E-state index is -1.55. The number of methoxy groups -OCH3 is 1. The molecule has 3 aliphatic heterocycles. The van der Waals surface area contributed by atoms with E-state index in [0.29, 0.717) is 49.1 Å². The molecule has 3 aliphatic rings. The highest BCUT2D eigenvalue weighted by Gasteiger charge is 2.54. The van der Waals surface area contributed by atoms with Gasteiger partial charge >= 0.3 is 5.97 Å². The molecule has 5 rings (SSSR count). The number of aliphatic hydroxyl groups excluding tert-OH is 1.